The monoisotopic (exact) mass is 256 g/mol. The topological polar surface area (TPSA) is 66.9 Å². The fourth-order valence-corrected chi connectivity index (χ4v) is 2.11. The molecule has 1 amide bonds. The Morgan fingerprint density at radius 3 is 2.74 bits per heavy atom. The molecule has 0 spiro atoms. The molecule has 0 atom stereocenters. The average Bonchev–Trinajstić information content (AvgIpc) is 3.24. The number of amides is 1. The van der Waals surface area contributed by atoms with Gasteiger partial charge in [-0.2, -0.15) is 0 Å². The number of aryl methyl sites for hydroxylation is 1. The van der Waals surface area contributed by atoms with Crippen LogP contribution in [-0.4, -0.2) is 22.9 Å². The number of hydrogen-bond acceptors (Lipinski definition) is 4. The maximum absolute atomic E-state index is 11.7. The number of rotatable bonds is 3. The summed E-state index contributed by atoms with van der Waals surface area (Å²) < 4.78 is 0. The third-order valence-electron chi connectivity index (χ3n) is 3.41. The minimum Gasteiger partial charge on any atom is -0.373 e. The van der Waals surface area contributed by atoms with E-state index < -0.39 is 0 Å². The van der Waals surface area contributed by atoms with Crippen molar-refractivity contribution in [3.05, 3.63) is 24.0 Å². The highest BCUT2D eigenvalue weighted by molar-refractivity contribution is 5.98. The van der Waals surface area contributed by atoms with Crippen molar-refractivity contribution in [1.29, 1.82) is 0 Å². The molecule has 1 fully saturated rings. The number of nitrogens with zero attached hydrogens (tertiary/aromatic N) is 2. The molecule has 1 saturated carbocycles. The van der Waals surface area contributed by atoms with Crippen LogP contribution in [0.3, 0.4) is 0 Å². The van der Waals surface area contributed by atoms with Crippen molar-refractivity contribution in [2.75, 3.05) is 17.7 Å². The predicted molar refractivity (Wildman–Crippen MR) is 75.2 cm³/mol. The molecule has 3 rings (SSSR count). The Balaban J connectivity index is 1.99. The van der Waals surface area contributed by atoms with Crippen molar-refractivity contribution in [3.63, 3.8) is 0 Å². The lowest BCUT2D eigenvalue weighted by molar-refractivity contribution is -0.117. The van der Waals surface area contributed by atoms with Crippen molar-refractivity contribution in [2.24, 2.45) is 5.92 Å². The molecular formula is C14H16N4O. The lowest BCUT2D eigenvalue weighted by Gasteiger charge is -2.09. The zero-order chi connectivity index (χ0) is 13.4. The molecule has 1 aliphatic carbocycles. The van der Waals surface area contributed by atoms with Gasteiger partial charge < -0.3 is 10.6 Å². The van der Waals surface area contributed by atoms with Crippen LogP contribution in [-0.2, 0) is 4.79 Å². The molecule has 19 heavy (non-hydrogen) atoms. The first kappa shape index (κ1) is 11.9. The number of aromatic nitrogens is 2. The fourth-order valence-electron chi connectivity index (χ4n) is 2.11. The second-order valence-electron chi connectivity index (χ2n) is 4.92. The molecule has 1 aliphatic rings. The summed E-state index contributed by atoms with van der Waals surface area (Å²) in [5, 5.41) is 7.94. The Morgan fingerprint density at radius 1 is 1.26 bits per heavy atom. The highest BCUT2D eigenvalue weighted by Crippen LogP contribution is 2.31. The van der Waals surface area contributed by atoms with E-state index in [1.165, 1.54) is 0 Å². The van der Waals surface area contributed by atoms with Crippen molar-refractivity contribution in [1.82, 2.24) is 9.97 Å². The van der Waals surface area contributed by atoms with Crippen LogP contribution in [0.15, 0.2) is 18.5 Å². The van der Waals surface area contributed by atoms with E-state index in [1.807, 2.05) is 26.2 Å². The van der Waals surface area contributed by atoms with E-state index in [4.69, 9.17) is 0 Å². The van der Waals surface area contributed by atoms with Crippen molar-refractivity contribution in [2.45, 2.75) is 19.8 Å². The van der Waals surface area contributed by atoms with Gasteiger partial charge in [0.05, 0.1) is 0 Å². The Bertz CT molecular complexity index is 649. The van der Waals surface area contributed by atoms with Gasteiger partial charge in [0.25, 0.3) is 0 Å². The highest BCUT2D eigenvalue weighted by Gasteiger charge is 2.29. The minimum absolute atomic E-state index is 0.0763. The van der Waals surface area contributed by atoms with Gasteiger partial charge in [0.2, 0.25) is 5.91 Å². The highest BCUT2D eigenvalue weighted by atomic mass is 16.2. The molecule has 0 bridgehead atoms. The summed E-state index contributed by atoms with van der Waals surface area (Å²) in [6, 6.07) is 1.91. The van der Waals surface area contributed by atoms with E-state index in [-0.39, 0.29) is 11.8 Å². The van der Waals surface area contributed by atoms with Gasteiger partial charge in [-0.05, 0) is 36.8 Å². The smallest absolute Gasteiger partial charge is 0.228 e. The van der Waals surface area contributed by atoms with Gasteiger partial charge >= 0.3 is 0 Å². The number of fused-ring (bicyclic) bond motifs is 1. The predicted octanol–water partition coefficient (Wildman–Crippen LogP) is 2.33. The zero-order valence-electron chi connectivity index (χ0n) is 11.0. The zero-order valence-corrected chi connectivity index (χ0v) is 11.0. The largest absolute Gasteiger partial charge is 0.373 e. The Hall–Kier alpha value is -2.17. The third-order valence-corrected chi connectivity index (χ3v) is 3.41. The molecule has 2 N–H and O–H groups in total. The van der Waals surface area contributed by atoms with Gasteiger partial charge in [0.1, 0.15) is 11.6 Å². The molecule has 0 aromatic carbocycles. The van der Waals surface area contributed by atoms with Crippen LogP contribution in [0.5, 0.6) is 0 Å². The number of pyridine rings is 2. The Labute approximate surface area is 111 Å². The van der Waals surface area contributed by atoms with Gasteiger partial charge in [-0.25, -0.2) is 9.97 Å². The van der Waals surface area contributed by atoms with E-state index >= 15 is 0 Å². The maximum atomic E-state index is 11.7. The first-order valence-electron chi connectivity index (χ1n) is 6.43. The average molecular weight is 256 g/mol. The molecule has 0 radical (unpaired) electrons. The summed E-state index contributed by atoms with van der Waals surface area (Å²) in [4.78, 5) is 20.4. The van der Waals surface area contributed by atoms with E-state index in [0.717, 1.165) is 35.0 Å². The molecule has 0 unspecified atom stereocenters. The maximum Gasteiger partial charge on any atom is 0.228 e. The first-order valence-corrected chi connectivity index (χ1v) is 6.43. The Kier molecular flexibility index (Phi) is 2.81. The second-order valence-corrected chi connectivity index (χ2v) is 4.92. The summed E-state index contributed by atoms with van der Waals surface area (Å²) >= 11 is 0. The van der Waals surface area contributed by atoms with Crippen LogP contribution in [0.25, 0.3) is 10.8 Å². The number of hydrogen-bond donors (Lipinski definition) is 2. The molecule has 0 saturated heterocycles. The van der Waals surface area contributed by atoms with Gasteiger partial charge in [-0.15, -0.1) is 0 Å². The molecule has 2 heterocycles. The van der Waals surface area contributed by atoms with Gasteiger partial charge in [0.15, 0.2) is 0 Å². The molecule has 2 aromatic heterocycles. The van der Waals surface area contributed by atoms with E-state index in [0.29, 0.717) is 5.82 Å². The summed E-state index contributed by atoms with van der Waals surface area (Å²) in [7, 11) is 1.83. The van der Waals surface area contributed by atoms with Crippen LogP contribution >= 0.6 is 0 Å². The van der Waals surface area contributed by atoms with Crippen molar-refractivity contribution in [3.8, 4) is 0 Å². The number of anilines is 2. The van der Waals surface area contributed by atoms with E-state index in [1.54, 1.807) is 6.20 Å². The summed E-state index contributed by atoms with van der Waals surface area (Å²) in [5.74, 6) is 1.67. The molecule has 2 aromatic rings. The molecule has 0 aliphatic heterocycles. The lowest BCUT2D eigenvalue weighted by Crippen LogP contribution is -2.14. The number of carbonyl (C=O) groups is 1. The van der Waals surface area contributed by atoms with Crippen molar-refractivity contribution >= 4 is 28.3 Å². The van der Waals surface area contributed by atoms with Gasteiger partial charge in [0, 0.05) is 30.7 Å². The van der Waals surface area contributed by atoms with E-state index in [2.05, 4.69) is 20.6 Å². The third kappa shape index (κ3) is 2.23. The molecule has 5 heteroatoms. The summed E-state index contributed by atoms with van der Waals surface area (Å²) in [5.41, 5.74) is 1.07. The molecular weight excluding hydrogens is 240 g/mol. The lowest BCUT2D eigenvalue weighted by atomic mass is 10.1. The van der Waals surface area contributed by atoms with Crippen LogP contribution in [0.2, 0.25) is 0 Å². The number of nitrogens with one attached hydrogen (secondary N) is 2. The first-order chi connectivity index (χ1) is 9.19. The SMILES string of the molecule is CNc1ncc(C)c2cc(NC(=O)C3CC3)ncc12. The second kappa shape index (κ2) is 4.50. The van der Waals surface area contributed by atoms with Crippen LogP contribution in [0, 0.1) is 12.8 Å². The summed E-state index contributed by atoms with van der Waals surface area (Å²) in [6.45, 7) is 2.00. The Morgan fingerprint density at radius 2 is 2.05 bits per heavy atom. The number of carbonyl (C=O) groups excluding carboxylic acids is 1. The van der Waals surface area contributed by atoms with E-state index in [9.17, 15) is 4.79 Å². The van der Waals surface area contributed by atoms with Crippen LogP contribution in [0.4, 0.5) is 11.6 Å². The van der Waals surface area contributed by atoms with Gasteiger partial charge in [-0.1, -0.05) is 0 Å². The summed E-state index contributed by atoms with van der Waals surface area (Å²) in [6.07, 6.45) is 5.56. The standard InChI is InChI=1S/C14H16N4O/c1-8-6-17-13(15-2)11-7-16-12(5-10(8)11)18-14(19)9-3-4-9/h5-7,9H,3-4H2,1-2H3,(H,15,17)(H,16,18,19). The van der Waals surface area contributed by atoms with Crippen LogP contribution < -0.4 is 10.6 Å². The fraction of sp³-hybridized carbons (Fsp3) is 0.357. The quantitative estimate of drug-likeness (QED) is 0.884. The van der Waals surface area contributed by atoms with Crippen molar-refractivity contribution < 1.29 is 4.79 Å². The molecule has 5 nitrogen and oxygen atoms in total. The van der Waals surface area contributed by atoms with Gasteiger partial charge in [-0.3, -0.25) is 4.79 Å². The normalized spacial score (nSPS) is 14.4. The minimum atomic E-state index is 0.0763. The van der Waals surface area contributed by atoms with Crippen LogP contribution in [0.1, 0.15) is 18.4 Å². The molecule has 98 valence electrons.